The van der Waals surface area contributed by atoms with E-state index in [2.05, 4.69) is 111 Å². The predicted octanol–water partition coefficient (Wildman–Crippen LogP) is 6.59. The van der Waals surface area contributed by atoms with E-state index in [1.165, 1.54) is 81.4 Å². The Labute approximate surface area is 247 Å². The minimum atomic E-state index is -0.0234. The molecule has 3 heterocycles. The van der Waals surface area contributed by atoms with E-state index in [0.29, 0.717) is 5.92 Å². The summed E-state index contributed by atoms with van der Waals surface area (Å²) in [5.74, 6) is 0.298. The van der Waals surface area contributed by atoms with Gasteiger partial charge in [0, 0.05) is 45.2 Å². The number of nitrogens with zero attached hydrogens (tertiary/aromatic N) is 4. The Balaban J connectivity index is 1.25. The highest BCUT2D eigenvalue weighted by Crippen LogP contribution is 2.43. The molecule has 0 bridgehead atoms. The van der Waals surface area contributed by atoms with Crippen LogP contribution in [0.1, 0.15) is 80.4 Å². The van der Waals surface area contributed by atoms with Crippen molar-refractivity contribution in [2.45, 2.75) is 75.4 Å². The largest absolute Gasteiger partial charge is 0.316 e. The van der Waals surface area contributed by atoms with Crippen LogP contribution in [-0.4, -0.2) is 65.5 Å². The zero-order valence-corrected chi connectivity index (χ0v) is 24.8. The van der Waals surface area contributed by atoms with E-state index in [4.69, 9.17) is 5.73 Å². The van der Waals surface area contributed by atoms with Gasteiger partial charge in [0.2, 0.25) is 0 Å². The van der Waals surface area contributed by atoms with E-state index in [0.717, 1.165) is 32.4 Å². The molecule has 5 heteroatoms. The molecule has 218 valence electrons. The third-order valence-electron chi connectivity index (χ3n) is 9.87. The van der Waals surface area contributed by atoms with Gasteiger partial charge in [-0.2, -0.15) is 5.12 Å². The van der Waals surface area contributed by atoms with Gasteiger partial charge in [-0.05, 0) is 61.6 Å². The van der Waals surface area contributed by atoms with Crippen molar-refractivity contribution in [3.63, 3.8) is 0 Å². The molecule has 2 N–H and O–H groups in total. The van der Waals surface area contributed by atoms with Crippen LogP contribution >= 0.6 is 0 Å². The highest BCUT2D eigenvalue weighted by molar-refractivity contribution is 5.32. The second kappa shape index (κ2) is 13.6. The van der Waals surface area contributed by atoms with Gasteiger partial charge in [0.15, 0.2) is 0 Å². The van der Waals surface area contributed by atoms with Gasteiger partial charge in [-0.15, -0.1) is 0 Å². The maximum Gasteiger partial charge on any atom is 0.0787 e. The summed E-state index contributed by atoms with van der Waals surface area (Å²) >= 11 is 0. The van der Waals surface area contributed by atoms with Crippen LogP contribution in [0.3, 0.4) is 0 Å². The Morgan fingerprint density at radius 2 is 1.02 bits per heavy atom. The third kappa shape index (κ3) is 6.45. The van der Waals surface area contributed by atoms with E-state index in [1.54, 1.807) is 0 Å². The Hall–Kier alpha value is -2.54. The van der Waals surface area contributed by atoms with Crippen LogP contribution in [0.25, 0.3) is 0 Å². The molecule has 0 radical (unpaired) electrons. The van der Waals surface area contributed by atoms with Crippen LogP contribution in [-0.2, 0) is 5.54 Å². The predicted molar refractivity (Wildman–Crippen MR) is 169 cm³/mol. The molecule has 6 rings (SSSR count). The highest BCUT2D eigenvalue weighted by atomic mass is 15.9. The molecule has 0 aromatic heterocycles. The minimum Gasteiger partial charge on any atom is -0.316 e. The van der Waals surface area contributed by atoms with Gasteiger partial charge < -0.3 is 5.73 Å². The molecule has 1 unspecified atom stereocenters. The molecule has 0 aliphatic carbocycles. The Kier molecular flexibility index (Phi) is 9.49. The van der Waals surface area contributed by atoms with Crippen LogP contribution in [0.4, 0.5) is 0 Å². The van der Waals surface area contributed by atoms with Gasteiger partial charge in [0.1, 0.15) is 0 Å². The molecule has 41 heavy (non-hydrogen) atoms. The lowest BCUT2D eigenvalue weighted by molar-refractivity contribution is -0.272. The van der Waals surface area contributed by atoms with Crippen molar-refractivity contribution in [2.24, 2.45) is 5.73 Å². The summed E-state index contributed by atoms with van der Waals surface area (Å²) < 4.78 is 0. The van der Waals surface area contributed by atoms with Crippen molar-refractivity contribution in [3.05, 3.63) is 108 Å². The van der Waals surface area contributed by atoms with Crippen molar-refractivity contribution in [1.29, 1.82) is 0 Å². The fourth-order valence-electron chi connectivity index (χ4n) is 7.66. The minimum absolute atomic E-state index is 0.0209. The molecule has 3 aliphatic rings. The Bertz CT molecular complexity index is 1110. The molecule has 0 saturated carbocycles. The van der Waals surface area contributed by atoms with Crippen molar-refractivity contribution in [2.75, 3.05) is 39.3 Å². The van der Waals surface area contributed by atoms with Gasteiger partial charge in [0.05, 0.1) is 11.7 Å². The van der Waals surface area contributed by atoms with Crippen LogP contribution < -0.4 is 5.73 Å². The molecule has 1 atom stereocenters. The van der Waals surface area contributed by atoms with Crippen LogP contribution in [0.15, 0.2) is 91.0 Å². The number of benzene rings is 3. The Morgan fingerprint density at radius 1 is 0.585 bits per heavy atom. The quantitative estimate of drug-likeness (QED) is 0.325. The second-order valence-corrected chi connectivity index (χ2v) is 12.4. The third-order valence-corrected chi connectivity index (χ3v) is 9.87. The summed E-state index contributed by atoms with van der Waals surface area (Å²) in [5, 5.41) is 8.23. The van der Waals surface area contributed by atoms with Crippen molar-refractivity contribution >= 4 is 0 Å². The first-order chi connectivity index (χ1) is 20.2. The maximum absolute atomic E-state index is 7.10. The number of nitrogens with two attached hydrogens (primary N) is 1. The average molecular weight is 552 g/mol. The molecule has 5 nitrogen and oxygen atoms in total. The lowest BCUT2D eigenvalue weighted by Gasteiger charge is -2.58. The summed E-state index contributed by atoms with van der Waals surface area (Å²) in [6, 6.07) is 33.3. The van der Waals surface area contributed by atoms with Crippen molar-refractivity contribution in [1.82, 2.24) is 20.0 Å². The number of likely N-dealkylation sites (tertiary alicyclic amines) is 1. The van der Waals surface area contributed by atoms with Crippen molar-refractivity contribution in [3.8, 4) is 0 Å². The molecule has 3 saturated heterocycles. The van der Waals surface area contributed by atoms with E-state index < -0.39 is 0 Å². The molecular formula is C36H49N5. The summed E-state index contributed by atoms with van der Waals surface area (Å²) in [4.78, 5) is 2.57. The second-order valence-electron chi connectivity index (χ2n) is 12.4. The molecular weight excluding hydrogens is 502 g/mol. The monoisotopic (exact) mass is 551 g/mol. The van der Waals surface area contributed by atoms with E-state index >= 15 is 0 Å². The number of hydrazine groups is 2. The first-order valence-corrected chi connectivity index (χ1v) is 16.2. The zero-order valence-electron chi connectivity index (χ0n) is 24.8. The van der Waals surface area contributed by atoms with Gasteiger partial charge in [0.25, 0.3) is 0 Å². The first kappa shape index (κ1) is 28.6. The topological polar surface area (TPSA) is 39.0 Å². The smallest absolute Gasteiger partial charge is 0.0787 e. The van der Waals surface area contributed by atoms with Crippen molar-refractivity contribution < 1.29 is 0 Å². The van der Waals surface area contributed by atoms with E-state index in [-0.39, 0.29) is 11.7 Å². The number of rotatable bonds is 9. The average Bonchev–Trinajstić information content (AvgIpc) is 3.06. The van der Waals surface area contributed by atoms with E-state index in [1.807, 2.05) is 0 Å². The molecule has 3 aliphatic heterocycles. The lowest BCUT2D eigenvalue weighted by atomic mass is 9.80. The van der Waals surface area contributed by atoms with Crippen LogP contribution in [0.5, 0.6) is 0 Å². The maximum atomic E-state index is 7.10. The highest BCUT2D eigenvalue weighted by Gasteiger charge is 2.47. The normalized spacial score (nSPS) is 21.7. The van der Waals surface area contributed by atoms with E-state index in [9.17, 15) is 0 Å². The van der Waals surface area contributed by atoms with Gasteiger partial charge in [-0.1, -0.05) is 104 Å². The molecule has 0 spiro atoms. The number of piperidine rings is 3. The van der Waals surface area contributed by atoms with Gasteiger partial charge in [-0.25, -0.2) is 10.0 Å². The summed E-state index contributed by atoms with van der Waals surface area (Å²) in [6.45, 7) is 6.72. The van der Waals surface area contributed by atoms with Gasteiger partial charge >= 0.3 is 0 Å². The lowest BCUT2D eigenvalue weighted by Crippen LogP contribution is -2.67. The fourth-order valence-corrected chi connectivity index (χ4v) is 7.66. The summed E-state index contributed by atoms with van der Waals surface area (Å²) in [6.07, 6.45) is 11.0. The van der Waals surface area contributed by atoms with Gasteiger partial charge in [-0.3, -0.25) is 4.90 Å². The van der Waals surface area contributed by atoms with Crippen LogP contribution in [0.2, 0.25) is 0 Å². The molecule has 3 aromatic rings. The zero-order chi connectivity index (χ0) is 27.9. The summed E-state index contributed by atoms with van der Waals surface area (Å²) in [5.41, 5.74) is 11.3. The molecule has 0 amide bonds. The van der Waals surface area contributed by atoms with Crippen LogP contribution in [0, 0.1) is 0 Å². The molecule has 3 aromatic carbocycles. The first-order valence-electron chi connectivity index (χ1n) is 16.2. The summed E-state index contributed by atoms with van der Waals surface area (Å²) in [7, 11) is 0. The fraction of sp³-hybridized carbons (Fsp3) is 0.500. The standard InChI is InChI=1S/C36H49N5/c37-35(30-34(31-16-6-1-7-17-31)32-18-8-2-9-19-32)38-28-22-36(23-29-38,33-20-10-3-11-21-33)41(39-24-12-4-13-25-39)40-26-14-5-15-27-40/h1-3,6-11,16-21,34-35H,4-5,12-15,22-30,37H2. The number of hydrogen-bond acceptors (Lipinski definition) is 5. The SMILES string of the molecule is NC(CC(c1ccccc1)c1ccccc1)N1CCC(c2ccccc2)(N(N2CCCCC2)N2CCCCC2)CC1. The number of hydrogen-bond donors (Lipinski definition) is 1. The molecule has 3 fully saturated rings. The Morgan fingerprint density at radius 3 is 1.49 bits per heavy atom.